The maximum absolute atomic E-state index is 12.1. The number of ether oxygens (including phenoxy) is 1. The molecule has 0 spiro atoms. The van der Waals surface area contributed by atoms with E-state index in [0.29, 0.717) is 22.8 Å². The first-order chi connectivity index (χ1) is 13.0. The van der Waals surface area contributed by atoms with Crippen molar-refractivity contribution in [1.29, 1.82) is 0 Å². The Morgan fingerprint density at radius 2 is 1.93 bits per heavy atom. The highest BCUT2D eigenvalue weighted by Crippen LogP contribution is 2.29. The maximum atomic E-state index is 12.1. The van der Waals surface area contributed by atoms with E-state index in [9.17, 15) is 9.90 Å². The highest BCUT2D eigenvalue weighted by Gasteiger charge is 2.07. The molecule has 0 aliphatic rings. The van der Waals surface area contributed by atoms with E-state index in [1.807, 2.05) is 0 Å². The molecule has 2 aromatic rings. The highest BCUT2D eigenvalue weighted by atomic mass is 35.5. The van der Waals surface area contributed by atoms with Crippen molar-refractivity contribution in [2.24, 2.45) is 5.10 Å². The molecule has 0 atom stereocenters. The van der Waals surface area contributed by atoms with Crippen LogP contribution in [0.15, 0.2) is 41.5 Å². The highest BCUT2D eigenvalue weighted by molar-refractivity contribution is 6.36. The number of hydrogen-bond donors (Lipinski definition) is 2. The molecule has 0 aromatic heterocycles. The third kappa shape index (κ3) is 6.77. The summed E-state index contributed by atoms with van der Waals surface area (Å²) in [7, 11) is 0. The van der Waals surface area contributed by atoms with Gasteiger partial charge in [-0.05, 0) is 42.8 Å². The van der Waals surface area contributed by atoms with E-state index in [4.69, 9.17) is 27.9 Å². The van der Waals surface area contributed by atoms with Crippen LogP contribution in [0.5, 0.6) is 11.5 Å². The van der Waals surface area contributed by atoms with Gasteiger partial charge in [-0.3, -0.25) is 4.79 Å². The number of rotatable bonds is 9. The molecule has 0 saturated carbocycles. The zero-order valence-corrected chi connectivity index (χ0v) is 16.6. The number of hydrazone groups is 1. The van der Waals surface area contributed by atoms with Crippen molar-refractivity contribution in [1.82, 2.24) is 5.43 Å². The Labute approximate surface area is 168 Å². The van der Waals surface area contributed by atoms with Crippen LogP contribution in [0.1, 0.15) is 48.5 Å². The predicted octanol–water partition coefficient (Wildman–Crippen LogP) is 5.42. The molecule has 0 fully saturated rings. The molecule has 5 nitrogen and oxygen atoms in total. The predicted molar refractivity (Wildman–Crippen MR) is 109 cm³/mol. The smallest absolute Gasteiger partial charge is 0.271 e. The number of carbonyl (C=O) groups is 1. The maximum Gasteiger partial charge on any atom is 0.271 e. The van der Waals surface area contributed by atoms with Crippen LogP contribution in [0.25, 0.3) is 0 Å². The fraction of sp³-hybridized carbons (Fsp3) is 0.300. The molecule has 0 saturated heterocycles. The zero-order chi connectivity index (χ0) is 19.6. The first-order valence-corrected chi connectivity index (χ1v) is 9.51. The minimum atomic E-state index is -0.381. The fourth-order valence-corrected chi connectivity index (χ4v) is 2.84. The Hall–Kier alpha value is -2.24. The summed E-state index contributed by atoms with van der Waals surface area (Å²) in [5.41, 5.74) is 3.14. The Kier molecular flexibility index (Phi) is 8.43. The fourth-order valence-electron chi connectivity index (χ4n) is 2.33. The topological polar surface area (TPSA) is 70.9 Å². The van der Waals surface area contributed by atoms with Crippen molar-refractivity contribution in [2.45, 2.75) is 32.6 Å². The van der Waals surface area contributed by atoms with Crippen LogP contribution >= 0.6 is 23.2 Å². The van der Waals surface area contributed by atoms with Crippen LogP contribution < -0.4 is 10.2 Å². The number of unbranched alkanes of at least 4 members (excludes halogenated alkanes) is 3. The second-order valence-corrected chi connectivity index (χ2v) is 6.80. The lowest BCUT2D eigenvalue weighted by Crippen LogP contribution is -2.17. The number of aromatic hydroxyl groups is 1. The number of benzene rings is 2. The van der Waals surface area contributed by atoms with Crippen LogP contribution in [-0.2, 0) is 0 Å². The van der Waals surface area contributed by atoms with E-state index >= 15 is 0 Å². The van der Waals surface area contributed by atoms with Gasteiger partial charge in [0.15, 0.2) is 0 Å². The minimum Gasteiger partial charge on any atom is -0.506 e. The first kappa shape index (κ1) is 21.1. The summed E-state index contributed by atoms with van der Waals surface area (Å²) in [5.74, 6) is 0.193. The van der Waals surface area contributed by atoms with Crippen molar-refractivity contribution in [3.63, 3.8) is 0 Å². The molecular weight excluding hydrogens is 387 g/mol. The Morgan fingerprint density at radius 3 is 2.63 bits per heavy atom. The van der Waals surface area contributed by atoms with Crippen LogP contribution in [-0.4, -0.2) is 23.8 Å². The molecule has 0 aliphatic heterocycles. The van der Waals surface area contributed by atoms with Crippen molar-refractivity contribution >= 4 is 35.3 Å². The van der Waals surface area contributed by atoms with Gasteiger partial charge in [0, 0.05) is 16.1 Å². The Bertz CT molecular complexity index is 793. The summed E-state index contributed by atoms with van der Waals surface area (Å²) in [5, 5.41) is 14.1. The van der Waals surface area contributed by atoms with Gasteiger partial charge in [-0.25, -0.2) is 5.43 Å². The third-order valence-corrected chi connectivity index (χ3v) is 4.32. The largest absolute Gasteiger partial charge is 0.506 e. The van der Waals surface area contributed by atoms with Gasteiger partial charge in [-0.1, -0.05) is 49.4 Å². The van der Waals surface area contributed by atoms with Crippen molar-refractivity contribution in [3.8, 4) is 11.5 Å². The van der Waals surface area contributed by atoms with E-state index in [0.717, 1.165) is 18.6 Å². The van der Waals surface area contributed by atoms with Gasteiger partial charge < -0.3 is 9.84 Å². The second-order valence-electron chi connectivity index (χ2n) is 5.96. The van der Waals surface area contributed by atoms with Crippen molar-refractivity contribution in [3.05, 3.63) is 57.6 Å². The van der Waals surface area contributed by atoms with Crippen molar-refractivity contribution in [2.75, 3.05) is 6.61 Å². The number of amides is 1. The molecule has 0 bridgehead atoms. The second kappa shape index (κ2) is 10.8. The van der Waals surface area contributed by atoms with Gasteiger partial charge in [0.2, 0.25) is 0 Å². The number of phenols is 1. The van der Waals surface area contributed by atoms with Crippen molar-refractivity contribution < 1.29 is 14.6 Å². The molecule has 27 heavy (non-hydrogen) atoms. The average Bonchev–Trinajstić information content (AvgIpc) is 2.65. The Balaban J connectivity index is 1.87. The molecular formula is C20H22Cl2N2O3. The normalized spacial score (nSPS) is 10.9. The molecule has 0 heterocycles. The zero-order valence-electron chi connectivity index (χ0n) is 15.0. The first-order valence-electron chi connectivity index (χ1n) is 8.75. The van der Waals surface area contributed by atoms with Crippen LogP contribution in [0.3, 0.4) is 0 Å². The average molecular weight is 409 g/mol. The number of carbonyl (C=O) groups excluding carboxylic acids is 1. The van der Waals surface area contributed by atoms with E-state index in [1.54, 1.807) is 24.3 Å². The van der Waals surface area contributed by atoms with E-state index in [-0.39, 0.29) is 16.7 Å². The van der Waals surface area contributed by atoms with Crippen LogP contribution in [0, 0.1) is 0 Å². The van der Waals surface area contributed by atoms with Gasteiger partial charge in [0.1, 0.15) is 11.5 Å². The lowest BCUT2D eigenvalue weighted by molar-refractivity contribution is 0.0955. The number of phenolic OH excluding ortho intramolecular Hbond substituents is 1. The van der Waals surface area contributed by atoms with Gasteiger partial charge >= 0.3 is 0 Å². The molecule has 2 aromatic carbocycles. The summed E-state index contributed by atoms with van der Waals surface area (Å²) in [6.45, 7) is 2.84. The van der Waals surface area contributed by atoms with E-state index in [2.05, 4.69) is 17.5 Å². The van der Waals surface area contributed by atoms with Gasteiger partial charge in [0.05, 0.1) is 17.8 Å². The summed E-state index contributed by atoms with van der Waals surface area (Å²) < 4.78 is 5.65. The number of hydrogen-bond acceptors (Lipinski definition) is 4. The molecule has 1 amide bonds. The SMILES string of the molecule is CCCCCCOc1ccc(C(=O)NN=Cc2cc(Cl)cc(Cl)c2O)cc1. The summed E-state index contributed by atoms with van der Waals surface area (Å²) >= 11 is 11.7. The van der Waals surface area contributed by atoms with Crippen LogP contribution in [0.4, 0.5) is 0 Å². The molecule has 7 heteroatoms. The summed E-state index contributed by atoms with van der Waals surface area (Å²) in [6.07, 6.45) is 5.85. The number of nitrogens with zero attached hydrogens (tertiary/aromatic N) is 1. The summed E-state index contributed by atoms with van der Waals surface area (Å²) in [4.78, 5) is 12.1. The monoisotopic (exact) mass is 408 g/mol. The summed E-state index contributed by atoms with van der Waals surface area (Å²) in [6, 6.07) is 9.74. The van der Waals surface area contributed by atoms with Gasteiger partial charge in [-0.2, -0.15) is 5.10 Å². The molecule has 2 N–H and O–H groups in total. The third-order valence-electron chi connectivity index (χ3n) is 3.81. The molecule has 0 aliphatic carbocycles. The van der Waals surface area contributed by atoms with E-state index in [1.165, 1.54) is 31.2 Å². The number of halogens is 2. The lowest BCUT2D eigenvalue weighted by atomic mass is 10.2. The van der Waals surface area contributed by atoms with Gasteiger partial charge in [0.25, 0.3) is 5.91 Å². The van der Waals surface area contributed by atoms with Gasteiger partial charge in [-0.15, -0.1) is 0 Å². The quantitative estimate of drug-likeness (QED) is 0.330. The number of nitrogens with one attached hydrogen (secondary N) is 1. The lowest BCUT2D eigenvalue weighted by Gasteiger charge is -2.07. The van der Waals surface area contributed by atoms with Crippen LogP contribution in [0.2, 0.25) is 10.0 Å². The minimum absolute atomic E-state index is 0.112. The standard InChI is InChI=1S/C20H22Cl2N2O3/c1-2-3-4-5-10-27-17-8-6-14(7-9-17)20(26)24-23-13-15-11-16(21)12-18(22)19(15)25/h6-9,11-13,25H,2-5,10H2,1H3,(H,24,26). The van der Waals surface area contributed by atoms with E-state index < -0.39 is 0 Å². The molecule has 144 valence electrons. The molecule has 0 radical (unpaired) electrons. The molecule has 2 rings (SSSR count). The molecule has 0 unspecified atom stereocenters. The Morgan fingerprint density at radius 1 is 1.19 bits per heavy atom.